The van der Waals surface area contributed by atoms with Gasteiger partial charge in [0.1, 0.15) is 5.75 Å². The van der Waals surface area contributed by atoms with Crippen LogP contribution in [0.25, 0.3) is 0 Å². The minimum atomic E-state index is -0.110. The highest BCUT2D eigenvalue weighted by Crippen LogP contribution is 2.31. The number of carbonyl (C=O) groups excluding carboxylic acids is 1. The Balaban J connectivity index is 1.76. The summed E-state index contributed by atoms with van der Waals surface area (Å²) >= 11 is 0. The molecule has 1 amide bonds. The fourth-order valence-electron chi connectivity index (χ4n) is 2.30. The van der Waals surface area contributed by atoms with E-state index < -0.39 is 0 Å². The number of fused-ring (bicyclic) bond motifs is 1. The number of hydrogen-bond acceptors (Lipinski definition) is 4. The van der Waals surface area contributed by atoms with Gasteiger partial charge in [-0.15, -0.1) is 0 Å². The van der Waals surface area contributed by atoms with Crippen LogP contribution in [0.1, 0.15) is 13.3 Å². The molecule has 1 fully saturated rings. The average molecular weight is 248 g/mol. The number of rotatable bonds is 2. The van der Waals surface area contributed by atoms with Crippen LogP contribution in [0.2, 0.25) is 0 Å². The average Bonchev–Trinajstić information content (AvgIpc) is 2.75. The Hall–Kier alpha value is -1.75. The Morgan fingerprint density at radius 3 is 3.11 bits per heavy atom. The highest BCUT2D eigenvalue weighted by Gasteiger charge is 2.24. The van der Waals surface area contributed by atoms with Gasteiger partial charge in [0, 0.05) is 18.4 Å². The molecule has 2 aliphatic heterocycles. The molecular formula is C13H16N2O3. The predicted octanol–water partition coefficient (Wildman–Crippen LogP) is 1.61. The van der Waals surface area contributed by atoms with E-state index >= 15 is 0 Å². The minimum absolute atomic E-state index is 0.0827. The molecule has 0 aromatic heterocycles. The zero-order valence-electron chi connectivity index (χ0n) is 10.2. The van der Waals surface area contributed by atoms with Crippen LogP contribution in [0.15, 0.2) is 18.2 Å². The van der Waals surface area contributed by atoms with Crippen molar-refractivity contribution < 1.29 is 14.3 Å². The van der Waals surface area contributed by atoms with E-state index in [1.165, 1.54) is 0 Å². The van der Waals surface area contributed by atoms with Gasteiger partial charge >= 0.3 is 0 Å². The van der Waals surface area contributed by atoms with Gasteiger partial charge < -0.3 is 20.1 Å². The maximum absolute atomic E-state index is 11.2. The Kier molecular flexibility index (Phi) is 2.83. The number of carbonyl (C=O) groups is 1. The molecule has 0 radical (unpaired) electrons. The first-order valence-corrected chi connectivity index (χ1v) is 6.17. The van der Waals surface area contributed by atoms with Crippen molar-refractivity contribution in [2.45, 2.75) is 25.5 Å². The maximum atomic E-state index is 11.2. The van der Waals surface area contributed by atoms with Gasteiger partial charge in [-0.05, 0) is 25.5 Å². The number of hydrogen-bond donors (Lipinski definition) is 2. The van der Waals surface area contributed by atoms with Crippen molar-refractivity contribution in [1.82, 2.24) is 0 Å². The van der Waals surface area contributed by atoms with Crippen LogP contribution in [0.3, 0.4) is 0 Å². The van der Waals surface area contributed by atoms with E-state index in [2.05, 4.69) is 17.6 Å². The van der Waals surface area contributed by atoms with Crippen LogP contribution in [-0.2, 0) is 9.53 Å². The highest BCUT2D eigenvalue weighted by atomic mass is 16.5. The first-order valence-electron chi connectivity index (χ1n) is 6.17. The van der Waals surface area contributed by atoms with E-state index in [1.807, 2.05) is 18.2 Å². The Labute approximate surface area is 105 Å². The summed E-state index contributed by atoms with van der Waals surface area (Å²) < 4.78 is 10.9. The van der Waals surface area contributed by atoms with Gasteiger partial charge in [0.25, 0.3) is 5.91 Å². The van der Waals surface area contributed by atoms with Gasteiger partial charge in [0.05, 0.1) is 17.8 Å². The summed E-state index contributed by atoms with van der Waals surface area (Å²) in [6.45, 7) is 2.95. The molecule has 2 heterocycles. The van der Waals surface area contributed by atoms with Crippen LogP contribution in [0.5, 0.6) is 5.75 Å². The lowest BCUT2D eigenvalue weighted by Gasteiger charge is -2.21. The number of amides is 1. The van der Waals surface area contributed by atoms with E-state index in [0.717, 1.165) is 24.4 Å². The largest absolute Gasteiger partial charge is 0.482 e. The fourth-order valence-corrected chi connectivity index (χ4v) is 2.30. The summed E-state index contributed by atoms with van der Waals surface area (Å²) in [5.74, 6) is 0.604. The predicted molar refractivity (Wildman–Crippen MR) is 68.0 cm³/mol. The van der Waals surface area contributed by atoms with Gasteiger partial charge in [0.2, 0.25) is 0 Å². The maximum Gasteiger partial charge on any atom is 0.262 e. The monoisotopic (exact) mass is 248 g/mol. The zero-order valence-corrected chi connectivity index (χ0v) is 10.2. The van der Waals surface area contributed by atoms with Crippen molar-refractivity contribution >= 4 is 17.3 Å². The lowest BCUT2D eigenvalue weighted by atomic mass is 10.1. The molecule has 0 aliphatic carbocycles. The topological polar surface area (TPSA) is 59.6 Å². The van der Waals surface area contributed by atoms with Crippen LogP contribution in [0.4, 0.5) is 11.4 Å². The third-order valence-corrected chi connectivity index (χ3v) is 3.34. The fraction of sp³-hybridized carbons (Fsp3) is 0.462. The Morgan fingerprint density at radius 2 is 2.33 bits per heavy atom. The highest BCUT2D eigenvalue weighted by molar-refractivity contribution is 5.95. The first kappa shape index (κ1) is 11.3. The molecule has 1 saturated heterocycles. The summed E-state index contributed by atoms with van der Waals surface area (Å²) in [4.78, 5) is 11.2. The molecule has 2 aliphatic rings. The van der Waals surface area contributed by atoms with E-state index in [9.17, 15) is 4.79 Å². The van der Waals surface area contributed by atoms with E-state index in [-0.39, 0.29) is 18.6 Å². The number of anilines is 2. The summed E-state index contributed by atoms with van der Waals surface area (Å²) in [6.07, 6.45) is 1.23. The summed E-state index contributed by atoms with van der Waals surface area (Å²) in [5, 5.41) is 6.21. The molecule has 96 valence electrons. The molecule has 1 aromatic carbocycles. The molecule has 1 aromatic rings. The smallest absolute Gasteiger partial charge is 0.262 e. The van der Waals surface area contributed by atoms with Gasteiger partial charge in [-0.2, -0.15) is 0 Å². The second kappa shape index (κ2) is 4.49. The van der Waals surface area contributed by atoms with Crippen molar-refractivity contribution in [3.05, 3.63) is 18.2 Å². The SMILES string of the molecule is CC1OCCC1Nc1ccc2c(c1)OCC(=O)N2. The first-order chi connectivity index (χ1) is 8.72. The van der Waals surface area contributed by atoms with Crippen LogP contribution in [0, 0.1) is 0 Å². The summed E-state index contributed by atoms with van der Waals surface area (Å²) in [5.41, 5.74) is 1.72. The van der Waals surface area contributed by atoms with Crippen molar-refractivity contribution in [3.63, 3.8) is 0 Å². The molecule has 0 bridgehead atoms. The van der Waals surface area contributed by atoms with Crippen molar-refractivity contribution in [2.24, 2.45) is 0 Å². The Morgan fingerprint density at radius 1 is 1.44 bits per heavy atom. The third-order valence-electron chi connectivity index (χ3n) is 3.34. The van der Waals surface area contributed by atoms with Gasteiger partial charge in [0.15, 0.2) is 6.61 Å². The summed E-state index contributed by atoms with van der Waals surface area (Å²) in [7, 11) is 0. The van der Waals surface area contributed by atoms with E-state index in [0.29, 0.717) is 11.8 Å². The van der Waals surface area contributed by atoms with Crippen molar-refractivity contribution in [3.8, 4) is 5.75 Å². The van der Waals surface area contributed by atoms with Gasteiger partial charge in [-0.25, -0.2) is 0 Å². The van der Waals surface area contributed by atoms with Crippen molar-refractivity contribution in [1.29, 1.82) is 0 Å². The van der Waals surface area contributed by atoms with Gasteiger partial charge in [-0.1, -0.05) is 0 Å². The van der Waals surface area contributed by atoms with Crippen LogP contribution in [-0.4, -0.2) is 31.3 Å². The molecule has 3 rings (SSSR count). The second-order valence-corrected chi connectivity index (χ2v) is 4.66. The molecule has 18 heavy (non-hydrogen) atoms. The lowest BCUT2D eigenvalue weighted by Crippen LogP contribution is -2.27. The molecule has 0 saturated carbocycles. The molecule has 2 N–H and O–H groups in total. The van der Waals surface area contributed by atoms with Crippen molar-refractivity contribution in [2.75, 3.05) is 23.8 Å². The molecule has 0 spiro atoms. The second-order valence-electron chi connectivity index (χ2n) is 4.66. The number of nitrogens with one attached hydrogen (secondary N) is 2. The third kappa shape index (κ3) is 2.13. The Bertz CT molecular complexity index is 475. The summed E-state index contributed by atoms with van der Waals surface area (Å²) in [6, 6.07) is 6.05. The lowest BCUT2D eigenvalue weighted by molar-refractivity contribution is -0.118. The van der Waals surface area contributed by atoms with E-state index in [4.69, 9.17) is 9.47 Å². The normalized spacial score (nSPS) is 26.2. The molecule has 5 heteroatoms. The minimum Gasteiger partial charge on any atom is -0.482 e. The molecule has 2 atom stereocenters. The van der Waals surface area contributed by atoms with Gasteiger partial charge in [-0.3, -0.25) is 4.79 Å². The molecule has 2 unspecified atom stereocenters. The molecule has 5 nitrogen and oxygen atoms in total. The number of ether oxygens (including phenoxy) is 2. The number of benzene rings is 1. The zero-order chi connectivity index (χ0) is 12.5. The quantitative estimate of drug-likeness (QED) is 0.834. The molecular weight excluding hydrogens is 232 g/mol. The standard InChI is InChI=1S/C13H16N2O3/c1-8-10(4-5-17-8)14-9-2-3-11-12(6-9)18-7-13(16)15-11/h2-3,6,8,10,14H,4-5,7H2,1H3,(H,15,16). The van der Waals surface area contributed by atoms with Crippen LogP contribution >= 0.6 is 0 Å². The van der Waals surface area contributed by atoms with Crippen LogP contribution < -0.4 is 15.4 Å². The van der Waals surface area contributed by atoms with E-state index in [1.54, 1.807) is 0 Å².